The van der Waals surface area contributed by atoms with Gasteiger partial charge in [0.15, 0.2) is 0 Å². The lowest BCUT2D eigenvalue weighted by Crippen LogP contribution is -2.24. The molecule has 25 heavy (non-hydrogen) atoms. The van der Waals surface area contributed by atoms with Crippen molar-refractivity contribution in [2.75, 3.05) is 26.8 Å². The van der Waals surface area contributed by atoms with Crippen molar-refractivity contribution in [1.82, 2.24) is 10.6 Å². The fourth-order valence-corrected chi connectivity index (χ4v) is 2.47. The van der Waals surface area contributed by atoms with Crippen LogP contribution in [0.15, 0.2) is 12.7 Å². The smallest absolute Gasteiger partial charge is 0.356 e. The van der Waals surface area contributed by atoms with E-state index in [0.29, 0.717) is 25.9 Å². The molecule has 9 heteroatoms. The van der Waals surface area contributed by atoms with E-state index < -0.39 is 7.82 Å². The number of phosphoric acid groups is 1. The van der Waals surface area contributed by atoms with Crippen LogP contribution in [0.3, 0.4) is 0 Å². The van der Waals surface area contributed by atoms with Gasteiger partial charge in [0.2, 0.25) is 11.8 Å². The molecule has 3 N–H and O–H groups in total. The molecule has 0 saturated carbocycles. The van der Waals surface area contributed by atoms with Crippen molar-refractivity contribution in [2.24, 2.45) is 0 Å². The summed E-state index contributed by atoms with van der Waals surface area (Å²) in [5.74, 6) is -0.131. The normalized spacial score (nSPS) is 13.0. The standard InChI is InChI=1S/C16H31N2O6P/c1-3-15(19)17-12-9-6-7-11-16(20)18-13-8-4-5-10-14-24-25(21,22)23-2/h3H,1,4-14H2,2H3,(H,17,19)(H,18,20)(H,21,22). The topological polar surface area (TPSA) is 114 Å². The van der Waals surface area contributed by atoms with Crippen LogP contribution in [0.25, 0.3) is 0 Å². The van der Waals surface area contributed by atoms with Gasteiger partial charge in [-0.2, -0.15) is 0 Å². The molecule has 0 aromatic rings. The largest absolute Gasteiger partial charge is 0.471 e. The van der Waals surface area contributed by atoms with Crippen LogP contribution >= 0.6 is 7.82 Å². The molecule has 0 heterocycles. The summed E-state index contributed by atoms with van der Waals surface area (Å²) >= 11 is 0. The number of unbranched alkanes of at least 4 members (excludes halogenated alkanes) is 5. The minimum Gasteiger partial charge on any atom is -0.356 e. The molecule has 0 radical (unpaired) electrons. The molecular weight excluding hydrogens is 347 g/mol. The van der Waals surface area contributed by atoms with Gasteiger partial charge >= 0.3 is 7.82 Å². The zero-order valence-electron chi connectivity index (χ0n) is 15.0. The van der Waals surface area contributed by atoms with Crippen LogP contribution in [0, 0.1) is 0 Å². The molecule has 0 saturated heterocycles. The van der Waals surface area contributed by atoms with Crippen molar-refractivity contribution in [3.05, 3.63) is 12.7 Å². The molecule has 0 aromatic heterocycles. The second-order valence-electron chi connectivity index (χ2n) is 5.55. The summed E-state index contributed by atoms with van der Waals surface area (Å²) in [6.07, 6.45) is 7.57. The number of phosphoric ester groups is 1. The van der Waals surface area contributed by atoms with Crippen molar-refractivity contribution in [3.8, 4) is 0 Å². The lowest BCUT2D eigenvalue weighted by Gasteiger charge is -2.09. The molecule has 1 unspecified atom stereocenters. The number of hydrogen-bond acceptors (Lipinski definition) is 5. The number of carbonyl (C=O) groups excluding carboxylic acids is 2. The molecule has 2 amide bonds. The van der Waals surface area contributed by atoms with Gasteiger partial charge in [-0.15, -0.1) is 0 Å². The maximum atomic E-state index is 11.6. The first-order chi connectivity index (χ1) is 11.9. The van der Waals surface area contributed by atoms with E-state index in [4.69, 9.17) is 9.42 Å². The van der Waals surface area contributed by atoms with Crippen molar-refractivity contribution >= 4 is 19.6 Å². The summed E-state index contributed by atoms with van der Waals surface area (Å²) < 4.78 is 20.0. The van der Waals surface area contributed by atoms with Gasteiger partial charge in [-0.3, -0.25) is 18.6 Å². The highest BCUT2D eigenvalue weighted by Crippen LogP contribution is 2.41. The number of rotatable bonds is 16. The Morgan fingerprint density at radius 3 is 2.28 bits per heavy atom. The molecule has 146 valence electrons. The summed E-state index contributed by atoms with van der Waals surface area (Å²) in [7, 11) is -2.73. The molecule has 0 aliphatic heterocycles. The summed E-state index contributed by atoms with van der Waals surface area (Å²) in [4.78, 5) is 31.6. The summed E-state index contributed by atoms with van der Waals surface area (Å²) in [5.41, 5.74) is 0. The van der Waals surface area contributed by atoms with E-state index in [9.17, 15) is 14.2 Å². The van der Waals surface area contributed by atoms with Crippen LogP contribution in [-0.2, 0) is 23.2 Å². The number of carbonyl (C=O) groups is 2. The lowest BCUT2D eigenvalue weighted by atomic mass is 10.1. The predicted octanol–water partition coefficient (Wildman–Crippen LogP) is 2.29. The fraction of sp³-hybridized carbons (Fsp3) is 0.750. The van der Waals surface area contributed by atoms with E-state index in [-0.39, 0.29) is 18.4 Å². The van der Waals surface area contributed by atoms with Gasteiger partial charge in [0.1, 0.15) is 0 Å². The second-order valence-corrected chi connectivity index (χ2v) is 7.11. The Morgan fingerprint density at radius 2 is 1.64 bits per heavy atom. The highest BCUT2D eigenvalue weighted by molar-refractivity contribution is 7.47. The van der Waals surface area contributed by atoms with Crippen LogP contribution in [0.4, 0.5) is 0 Å². The van der Waals surface area contributed by atoms with Gasteiger partial charge in [0.05, 0.1) is 6.61 Å². The molecule has 0 aromatic carbocycles. The van der Waals surface area contributed by atoms with E-state index in [1.54, 1.807) is 0 Å². The van der Waals surface area contributed by atoms with Crippen molar-refractivity contribution in [2.45, 2.75) is 51.4 Å². The van der Waals surface area contributed by atoms with E-state index in [1.165, 1.54) is 6.08 Å². The predicted molar refractivity (Wildman–Crippen MR) is 95.9 cm³/mol. The lowest BCUT2D eigenvalue weighted by molar-refractivity contribution is -0.121. The average Bonchev–Trinajstić information content (AvgIpc) is 2.59. The molecule has 1 atom stereocenters. The molecule has 0 aliphatic rings. The number of hydrogen-bond donors (Lipinski definition) is 3. The van der Waals surface area contributed by atoms with E-state index in [0.717, 1.165) is 45.6 Å². The molecule has 0 rings (SSSR count). The average molecular weight is 378 g/mol. The Labute approximate surface area is 150 Å². The Bertz CT molecular complexity index is 444. The molecule has 0 aliphatic carbocycles. The maximum absolute atomic E-state index is 11.6. The number of amides is 2. The monoisotopic (exact) mass is 378 g/mol. The zero-order valence-corrected chi connectivity index (χ0v) is 15.9. The molecule has 0 spiro atoms. The van der Waals surface area contributed by atoms with Crippen LogP contribution in [0.2, 0.25) is 0 Å². The van der Waals surface area contributed by atoms with E-state index >= 15 is 0 Å². The van der Waals surface area contributed by atoms with Crippen molar-refractivity contribution in [3.63, 3.8) is 0 Å². The first kappa shape index (κ1) is 23.8. The Morgan fingerprint density at radius 1 is 1.04 bits per heavy atom. The van der Waals surface area contributed by atoms with Crippen LogP contribution in [0.1, 0.15) is 51.4 Å². The van der Waals surface area contributed by atoms with Gasteiger partial charge in [-0.1, -0.05) is 25.8 Å². The summed E-state index contributed by atoms with van der Waals surface area (Å²) in [6, 6.07) is 0. The SMILES string of the molecule is C=CC(=O)NCCCCCC(=O)NCCCCCCOP(=O)(O)OC. The van der Waals surface area contributed by atoms with Crippen molar-refractivity contribution in [1.29, 1.82) is 0 Å². The Kier molecular flexibility index (Phi) is 14.3. The van der Waals surface area contributed by atoms with E-state index in [2.05, 4.69) is 21.7 Å². The highest BCUT2D eigenvalue weighted by Gasteiger charge is 2.17. The molecule has 0 bridgehead atoms. The Balaban J connectivity index is 3.34. The maximum Gasteiger partial charge on any atom is 0.471 e. The minimum absolute atomic E-state index is 0.0415. The number of nitrogens with one attached hydrogen (secondary N) is 2. The first-order valence-electron chi connectivity index (χ1n) is 8.61. The van der Waals surface area contributed by atoms with Crippen LogP contribution in [0.5, 0.6) is 0 Å². The quantitative estimate of drug-likeness (QED) is 0.216. The van der Waals surface area contributed by atoms with Crippen molar-refractivity contribution < 1.29 is 28.1 Å². The Hall–Kier alpha value is -1.21. The molecular formula is C16H31N2O6P. The highest BCUT2D eigenvalue weighted by atomic mass is 31.2. The summed E-state index contributed by atoms with van der Waals surface area (Å²) in [6.45, 7) is 4.79. The fourth-order valence-electron chi connectivity index (χ4n) is 2.00. The van der Waals surface area contributed by atoms with Crippen LogP contribution in [-0.4, -0.2) is 43.5 Å². The van der Waals surface area contributed by atoms with Gasteiger partial charge in [-0.25, -0.2) is 4.57 Å². The third kappa shape index (κ3) is 16.0. The van der Waals surface area contributed by atoms with Gasteiger partial charge in [0, 0.05) is 26.6 Å². The van der Waals surface area contributed by atoms with Gasteiger partial charge in [0.25, 0.3) is 0 Å². The van der Waals surface area contributed by atoms with Gasteiger partial charge < -0.3 is 15.5 Å². The van der Waals surface area contributed by atoms with Gasteiger partial charge in [-0.05, 0) is 31.8 Å². The zero-order chi connectivity index (χ0) is 19.0. The van der Waals surface area contributed by atoms with Crippen LogP contribution < -0.4 is 10.6 Å². The second kappa shape index (κ2) is 15.1. The minimum atomic E-state index is -3.85. The third-order valence-corrected chi connectivity index (χ3v) is 4.41. The molecule has 0 fully saturated rings. The van der Waals surface area contributed by atoms with E-state index in [1.807, 2.05) is 0 Å². The summed E-state index contributed by atoms with van der Waals surface area (Å²) in [5, 5.41) is 5.56. The molecule has 8 nitrogen and oxygen atoms in total. The first-order valence-corrected chi connectivity index (χ1v) is 10.1. The third-order valence-electron chi connectivity index (χ3n) is 3.44.